The molecule has 0 saturated heterocycles. The van der Waals surface area contributed by atoms with E-state index in [4.69, 9.17) is 0 Å². The van der Waals surface area contributed by atoms with Gasteiger partial charge in [0.1, 0.15) is 0 Å². The van der Waals surface area contributed by atoms with E-state index in [1.165, 1.54) is 116 Å². The van der Waals surface area contributed by atoms with E-state index in [0.29, 0.717) is 0 Å². The summed E-state index contributed by atoms with van der Waals surface area (Å²) in [5, 5.41) is 0. The molecular formula is C24H46. The first-order valence-corrected chi connectivity index (χ1v) is 11.2. The second-order valence-electron chi connectivity index (χ2n) is 7.64. The molecule has 0 amide bonds. The van der Waals surface area contributed by atoms with Gasteiger partial charge in [-0.25, -0.2) is 0 Å². The van der Waals surface area contributed by atoms with Crippen LogP contribution in [0.1, 0.15) is 129 Å². The molecule has 0 rings (SSSR count). The summed E-state index contributed by atoms with van der Waals surface area (Å²) in [4.78, 5) is 0. The minimum absolute atomic E-state index is 0.993. The van der Waals surface area contributed by atoms with Gasteiger partial charge in [-0.2, -0.15) is 0 Å². The summed E-state index contributed by atoms with van der Waals surface area (Å²) in [5.74, 6) is 0.993. The van der Waals surface area contributed by atoms with E-state index < -0.39 is 0 Å². The summed E-state index contributed by atoms with van der Waals surface area (Å²) in [7, 11) is 0. The van der Waals surface area contributed by atoms with Gasteiger partial charge in [0, 0.05) is 0 Å². The highest BCUT2D eigenvalue weighted by Gasteiger charge is 2.05. The summed E-state index contributed by atoms with van der Waals surface area (Å²) in [6.45, 7) is 8.30. The molecule has 0 heterocycles. The number of hydrogen-bond donors (Lipinski definition) is 0. The van der Waals surface area contributed by atoms with Gasteiger partial charge >= 0.3 is 0 Å². The summed E-state index contributed by atoms with van der Waals surface area (Å²) in [5.41, 5.74) is 2.86. The molecule has 0 aromatic rings. The quantitative estimate of drug-likeness (QED) is 0.163. The summed E-state index contributed by atoms with van der Waals surface area (Å²) in [6, 6.07) is 0. The standard InChI is InChI=1S/C24H46/c1-4-7-9-11-13-14-15-17-19-21-23-24(6-3)22-20-18-16-12-10-8-5-2/h8,24H,2,4,6-7,9-23H2,1,3H3. The highest BCUT2D eigenvalue weighted by atomic mass is 14.1. The average molecular weight is 335 g/mol. The van der Waals surface area contributed by atoms with Crippen molar-refractivity contribution in [1.29, 1.82) is 0 Å². The van der Waals surface area contributed by atoms with Gasteiger partial charge in [-0.1, -0.05) is 123 Å². The third kappa shape index (κ3) is 17.9. The summed E-state index contributed by atoms with van der Waals surface area (Å²) in [6.07, 6.45) is 27.7. The van der Waals surface area contributed by atoms with Gasteiger partial charge in [-0.05, 0) is 24.8 Å². The van der Waals surface area contributed by atoms with Crippen molar-refractivity contribution in [1.82, 2.24) is 0 Å². The minimum atomic E-state index is 0.993. The molecule has 0 aliphatic rings. The van der Waals surface area contributed by atoms with Crippen molar-refractivity contribution in [3.8, 4) is 0 Å². The molecule has 0 nitrogen and oxygen atoms in total. The van der Waals surface area contributed by atoms with E-state index in [9.17, 15) is 0 Å². The van der Waals surface area contributed by atoms with Crippen molar-refractivity contribution >= 4 is 0 Å². The molecule has 0 heteroatoms. The van der Waals surface area contributed by atoms with Crippen LogP contribution in [-0.2, 0) is 0 Å². The van der Waals surface area contributed by atoms with Crippen LogP contribution in [0.15, 0.2) is 18.4 Å². The third-order valence-electron chi connectivity index (χ3n) is 5.40. The van der Waals surface area contributed by atoms with E-state index in [2.05, 4.69) is 32.2 Å². The van der Waals surface area contributed by atoms with E-state index in [0.717, 1.165) is 5.92 Å². The van der Waals surface area contributed by atoms with Crippen LogP contribution in [0.2, 0.25) is 0 Å². The van der Waals surface area contributed by atoms with Crippen LogP contribution >= 0.6 is 0 Å². The smallest absolute Gasteiger partial charge is 0.0275 e. The Labute approximate surface area is 154 Å². The number of unbranched alkanes of at least 4 members (excludes halogenated alkanes) is 13. The van der Waals surface area contributed by atoms with Crippen molar-refractivity contribution in [2.75, 3.05) is 0 Å². The third-order valence-corrected chi connectivity index (χ3v) is 5.40. The van der Waals surface area contributed by atoms with Crippen LogP contribution in [0.25, 0.3) is 0 Å². The zero-order valence-corrected chi connectivity index (χ0v) is 17.1. The topological polar surface area (TPSA) is 0 Å². The number of allylic oxidation sites excluding steroid dienone is 1. The van der Waals surface area contributed by atoms with Gasteiger partial charge in [-0.15, -0.1) is 5.73 Å². The van der Waals surface area contributed by atoms with Gasteiger partial charge in [-0.3, -0.25) is 0 Å². The molecule has 1 unspecified atom stereocenters. The second kappa shape index (κ2) is 20.6. The van der Waals surface area contributed by atoms with Crippen LogP contribution in [0.5, 0.6) is 0 Å². The van der Waals surface area contributed by atoms with Crippen LogP contribution in [-0.4, -0.2) is 0 Å². The lowest BCUT2D eigenvalue weighted by Crippen LogP contribution is -1.99. The summed E-state index contributed by atoms with van der Waals surface area (Å²) < 4.78 is 0. The maximum Gasteiger partial charge on any atom is -0.0275 e. The molecule has 0 radical (unpaired) electrons. The molecule has 0 saturated carbocycles. The Bertz CT molecular complexity index is 272. The first-order valence-electron chi connectivity index (χ1n) is 11.2. The predicted molar refractivity (Wildman–Crippen MR) is 112 cm³/mol. The largest absolute Gasteiger partial charge is 0.133 e. The fourth-order valence-corrected chi connectivity index (χ4v) is 3.61. The average Bonchev–Trinajstić information content (AvgIpc) is 2.60. The van der Waals surface area contributed by atoms with Crippen LogP contribution < -0.4 is 0 Å². The fourth-order valence-electron chi connectivity index (χ4n) is 3.61. The van der Waals surface area contributed by atoms with Gasteiger partial charge in [0.05, 0.1) is 0 Å². The minimum Gasteiger partial charge on any atom is -0.133 e. The molecule has 0 spiro atoms. The van der Waals surface area contributed by atoms with Crippen molar-refractivity contribution in [2.45, 2.75) is 129 Å². The first kappa shape index (κ1) is 23.5. The maximum atomic E-state index is 3.62. The lowest BCUT2D eigenvalue weighted by molar-refractivity contribution is 0.393. The molecule has 0 aliphatic carbocycles. The Morgan fingerprint density at radius 1 is 0.667 bits per heavy atom. The Morgan fingerprint density at radius 3 is 1.58 bits per heavy atom. The molecule has 142 valence electrons. The number of rotatable bonds is 19. The molecule has 0 bridgehead atoms. The van der Waals surface area contributed by atoms with Crippen LogP contribution in [0.3, 0.4) is 0 Å². The van der Waals surface area contributed by atoms with Crippen molar-refractivity contribution in [2.24, 2.45) is 5.92 Å². The Kier molecular flexibility index (Phi) is 20.2. The molecule has 1 atom stereocenters. The molecule has 0 N–H and O–H groups in total. The SMILES string of the molecule is C=C=CCCCCCCC(CC)CCCCCCCCCCCC. The van der Waals surface area contributed by atoms with Crippen LogP contribution in [0, 0.1) is 5.92 Å². The van der Waals surface area contributed by atoms with E-state index >= 15 is 0 Å². The van der Waals surface area contributed by atoms with Crippen molar-refractivity contribution < 1.29 is 0 Å². The van der Waals surface area contributed by atoms with Gasteiger partial charge in [0.15, 0.2) is 0 Å². The zero-order chi connectivity index (χ0) is 17.7. The Balaban J connectivity index is 3.31. The first-order chi connectivity index (χ1) is 11.8. The second-order valence-corrected chi connectivity index (χ2v) is 7.64. The maximum absolute atomic E-state index is 3.62. The molecule has 0 aliphatic heterocycles. The van der Waals surface area contributed by atoms with E-state index in [1.54, 1.807) is 0 Å². The lowest BCUT2D eigenvalue weighted by Gasteiger charge is -2.14. The Hall–Kier alpha value is -0.480. The highest BCUT2D eigenvalue weighted by Crippen LogP contribution is 2.21. The molecule has 24 heavy (non-hydrogen) atoms. The van der Waals surface area contributed by atoms with Gasteiger partial charge in [0.25, 0.3) is 0 Å². The van der Waals surface area contributed by atoms with Crippen LogP contribution in [0.4, 0.5) is 0 Å². The molecular weight excluding hydrogens is 288 g/mol. The van der Waals surface area contributed by atoms with E-state index in [1.807, 2.05) is 0 Å². The molecule has 0 aromatic heterocycles. The van der Waals surface area contributed by atoms with Gasteiger partial charge < -0.3 is 0 Å². The molecule has 0 fully saturated rings. The Morgan fingerprint density at radius 2 is 1.12 bits per heavy atom. The van der Waals surface area contributed by atoms with E-state index in [-0.39, 0.29) is 0 Å². The monoisotopic (exact) mass is 334 g/mol. The van der Waals surface area contributed by atoms with Crippen molar-refractivity contribution in [3.63, 3.8) is 0 Å². The molecule has 0 aromatic carbocycles. The van der Waals surface area contributed by atoms with Crippen molar-refractivity contribution in [3.05, 3.63) is 18.4 Å². The lowest BCUT2D eigenvalue weighted by atomic mass is 9.92. The number of hydrogen-bond acceptors (Lipinski definition) is 0. The normalized spacial score (nSPS) is 12.1. The fraction of sp³-hybridized carbons (Fsp3) is 0.875. The zero-order valence-electron chi connectivity index (χ0n) is 17.1. The summed E-state index contributed by atoms with van der Waals surface area (Å²) >= 11 is 0. The van der Waals surface area contributed by atoms with Gasteiger partial charge in [0.2, 0.25) is 0 Å². The predicted octanol–water partition coefficient (Wildman–Crippen LogP) is 9.01. The highest BCUT2D eigenvalue weighted by molar-refractivity contribution is 4.75.